The van der Waals surface area contributed by atoms with Crippen LogP contribution in [0.5, 0.6) is 5.75 Å². The minimum atomic E-state index is -3.90. The summed E-state index contributed by atoms with van der Waals surface area (Å²) < 4.78 is 33.4. The zero-order valence-corrected chi connectivity index (χ0v) is 13.5. The van der Waals surface area contributed by atoms with Crippen LogP contribution in [0, 0.1) is 0 Å². The Morgan fingerprint density at radius 1 is 1.24 bits per heavy atom. The molecule has 0 aliphatic carbocycles. The van der Waals surface area contributed by atoms with E-state index >= 15 is 0 Å². The molecule has 1 aliphatic heterocycles. The van der Waals surface area contributed by atoms with Crippen LogP contribution in [0.3, 0.4) is 0 Å². The van der Waals surface area contributed by atoms with Crippen LogP contribution < -0.4 is 9.88 Å². The lowest BCUT2D eigenvalue weighted by molar-refractivity contribution is 0.0322. The second-order valence-electron chi connectivity index (χ2n) is 4.54. The van der Waals surface area contributed by atoms with Crippen LogP contribution in [0.25, 0.3) is 0 Å². The van der Waals surface area contributed by atoms with Crippen molar-refractivity contribution in [2.75, 3.05) is 39.5 Å². The van der Waals surface area contributed by atoms with Gasteiger partial charge in [0.25, 0.3) is 0 Å². The third kappa shape index (κ3) is 4.45. The highest BCUT2D eigenvalue weighted by atomic mass is 35.5. The molecular weight excluding hydrogens is 339 g/mol. The van der Waals surface area contributed by atoms with Crippen LogP contribution in [-0.4, -0.2) is 52.8 Å². The number of benzene rings is 1. The Kier molecular flexibility index (Phi) is 5.70. The second-order valence-corrected chi connectivity index (χ2v) is 6.82. The molecular formula is C12H16Cl2N2O4S. The Balaban J connectivity index is 1.99. The van der Waals surface area contributed by atoms with Gasteiger partial charge >= 0.3 is 0 Å². The Morgan fingerprint density at radius 3 is 2.52 bits per heavy atom. The molecule has 0 atom stereocenters. The molecule has 118 valence electrons. The first kappa shape index (κ1) is 16.8. The maximum Gasteiger partial charge on any atom is 0.239 e. The van der Waals surface area contributed by atoms with Crippen molar-refractivity contribution in [3.63, 3.8) is 0 Å². The van der Waals surface area contributed by atoms with Crippen LogP contribution in [0.4, 0.5) is 0 Å². The standard InChI is InChI=1S/C12H16Cl2N2O4S/c13-11-9(1-2-10(12(11)14)21(15,17)18)20-8-5-16-3-6-19-7-4-16/h1-2H,3-8H2,(H2,15,17,18). The summed E-state index contributed by atoms with van der Waals surface area (Å²) in [6.07, 6.45) is 0. The molecule has 1 heterocycles. The molecule has 2 rings (SSSR count). The first-order valence-electron chi connectivity index (χ1n) is 6.33. The van der Waals surface area contributed by atoms with E-state index in [-0.39, 0.29) is 14.9 Å². The summed E-state index contributed by atoms with van der Waals surface area (Å²) in [5, 5.41) is 4.97. The number of primary sulfonamides is 1. The van der Waals surface area contributed by atoms with Crippen molar-refractivity contribution < 1.29 is 17.9 Å². The molecule has 9 heteroatoms. The van der Waals surface area contributed by atoms with Gasteiger partial charge in [-0.3, -0.25) is 4.90 Å². The predicted molar refractivity (Wildman–Crippen MR) is 80.6 cm³/mol. The van der Waals surface area contributed by atoms with Gasteiger partial charge in [0.2, 0.25) is 10.0 Å². The van der Waals surface area contributed by atoms with Gasteiger partial charge in [-0.2, -0.15) is 0 Å². The van der Waals surface area contributed by atoms with Gasteiger partial charge in [0.05, 0.1) is 18.2 Å². The average molecular weight is 355 g/mol. The molecule has 0 amide bonds. The molecule has 0 saturated carbocycles. The van der Waals surface area contributed by atoms with Crippen LogP contribution in [0.1, 0.15) is 0 Å². The van der Waals surface area contributed by atoms with Gasteiger partial charge in [0.1, 0.15) is 22.3 Å². The fourth-order valence-electron chi connectivity index (χ4n) is 1.95. The minimum Gasteiger partial charge on any atom is -0.491 e. The summed E-state index contributed by atoms with van der Waals surface area (Å²) in [5.41, 5.74) is 0. The molecule has 0 bridgehead atoms. The highest BCUT2D eigenvalue weighted by molar-refractivity contribution is 7.89. The fraction of sp³-hybridized carbons (Fsp3) is 0.500. The smallest absolute Gasteiger partial charge is 0.239 e. The summed E-state index contributed by atoms with van der Waals surface area (Å²) >= 11 is 11.9. The quantitative estimate of drug-likeness (QED) is 0.862. The molecule has 6 nitrogen and oxygen atoms in total. The molecule has 1 fully saturated rings. The molecule has 1 aromatic carbocycles. The average Bonchev–Trinajstić information content (AvgIpc) is 2.43. The Morgan fingerprint density at radius 2 is 1.90 bits per heavy atom. The maximum atomic E-state index is 11.3. The number of morpholine rings is 1. The van der Waals surface area contributed by atoms with E-state index < -0.39 is 10.0 Å². The molecule has 0 radical (unpaired) electrons. The van der Waals surface area contributed by atoms with Crippen LogP contribution in [-0.2, 0) is 14.8 Å². The van der Waals surface area contributed by atoms with E-state index in [1.807, 2.05) is 0 Å². The third-order valence-electron chi connectivity index (χ3n) is 3.09. The van der Waals surface area contributed by atoms with Crippen LogP contribution in [0.15, 0.2) is 17.0 Å². The van der Waals surface area contributed by atoms with E-state index in [0.717, 1.165) is 32.8 Å². The van der Waals surface area contributed by atoms with Gasteiger partial charge in [-0.15, -0.1) is 0 Å². The van der Waals surface area contributed by atoms with Crippen molar-refractivity contribution in [3.05, 3.63) is 22.2 Å². The number of sulfonamides is 1. The SMILES string of the molecule is NS(=O)(=O)c1ccc(OCCN2CCOCC2)c(Cl)c1Cl. The van der Waals surface area contributed by atoms with E-state index in [0.29, 0.717) is 12.4 Å². The monoisotopic (exact) mass is 354 g/mol. The first-order valence-corrected chi connectivity index (χ1v) is 8.63. The number of hydrogen-bond acceptors (Lipinski definition) is 5. The molecule has 0 unspecified atom stereocenters. The van der Waals surface area contributed by atoms with Crippen LogP contribution >= 0.6 is 23.2 Å². The van der Waals surface area contributed by atoms with Crippen molar-refractivity contribution in [1.29, 1.82) is 0 Å². The van der Waals surface area contributed by atoms with Crippen molar-refractivity contribution in [3.8, 4) is 5.75 Å². The highest BCUT2D eigenvalue weighted by Gasteiger charge is 2.19. The van der Waals surface area contributed by atoms with Gasteiger partial charge in [-0.25, -0.2) is 13.6 Å². The lowest BCUT2D eigenvalue weighted by atomic mass is 10.3. The largest absolute Gasteiger partial charge is 0.491 e. The molecule has 21 heavy (non-hydrogen) atoms. The van der Waals surface area contributed by atoms with E-state index in [1.54, 1.807) is 0 Å². The molecule has 1 aromatic rings. The van der Waals surface area contributed by atoms with E-state index in [4.69, 9.17) is 37.8 Å². The van der Waals surface area contributed by atoms with Gasteiger partial charge in [-0.05, 0) is 12.1 Å². The summed E-state index contributed by atoms with van der Waals surface area (Å²) in [7, 11) is -3.90. The summed E-state index contributed by atoms with van der Waals surface area (Å²) in [6.45, 7) is 4.31. The van der Waals surface area contributed by atoms with E-state index in [1.165, 1.54) is 12.1 Å². The molecule has 1 aliphatic rings. The number of nitrogens with two attached hydrogens (primary N) is 1. The van der Waals surface area contributed by atoms with Crippen molar-refractivity contribution >= 4 is 33.2 Å². The zero-order chi connectivity index (χ0) is 15.5. The normalized spacial score (nSPS) is 16.9. The summed E-state index contributed by atoms with van der Waals surface area (Å²) in [6, 6.07) is 2.74. The Labute approximate surface area is 133 Å². The Bertz CT molecular complexity index is 604. The summed E-state index contributed by atoms with van der Waals surface area (Å²) in [4.78, 5) is 1.99. The topological polar surface area (TPSA) is 81.9 Å². The van der Waals surface area contributed by atoms with Crippen LogP contribution in [0.2, 0.25) is 10.0 Å². The lowest BCUT2D eigenvalue weighted by Crippen LogP contribution is -2.38. The highest BCUT2D eigenvalue weighted by Crippen LogP contribution is 2.36. The molecule has 0 aromatic heterocycles. The van der Waals surface area contributed by atoms with Gasteiger partial charge in [0, 0.05) is 19.6 Å². The second kappa shape index (κ2) is 7.13. The number of nitrogens with zero attached hydrogens (tertiary/aromatic N) is 1. The first-order chi connectivity index (χ1) is 9.89. The Hall–Kier alpha value is -0.570. The van der Waals surface area contributed by atoms with Gasteiger partial charge in [0.15, 0.2) is 0 Å². The number of ether oxygens (including phenoxy) is 2. The molecule has 2 N–H and O–H groups in total. The van der Waals surface area contributed by atoms with Crippen molar-refractivity contribution in [2.24, 2.45) is 5.14 Å². The van der Waals surface area contributed by atoms with Crippen molar-refractivity contribution in [2.45, 2.75) is 4.90 Å². The third-order valence-corrected chi connectivity index (χ3v) is 5.02. The minimum absolute atomic E-state index is 0.0465. The van der Waals surface area contributed by atoms with Gasteiger partial charge < -0.3 is 9.47 Å². The number of rotatable bonds is 5. The maximum absolute atomic E-state index is 11.3. The fourth-order valence-corrected chi connectivity index (χ4v) is 3.32. The molecule has 1 saturated heterocycles. The van der Waals surface area contributed by atoms with Gasteiger partial charge in [-0.1, -0.05) is 23.2 Å². The van der Waals surface area contributed by atoms with E-state index in [9.17, 15) is 8.42 Å². The number of halogens is 2. The summed E-state index contributed by atoms with van der Waals surface area (Å²) in [5.74, 6) is 0.335. The number of hydrogen-bond donors (Lipinski definition) is 1. The molecule has 0 spiro atoms. The predicted octanol–water partition coefficient (Wildman–Crippen LogP) is 1.35. The zero-order valence-electron chi connectivity index (χ0n) is 11.2. The van der Waals surface area contributed by atoms with Crippen molar-refractivity contribution in [1.82, 2.24) is 4.90 Å². The van der Waals surface area contributed by atoms with E-state index in [2.05, 4.69) is 4.90 Å². The lowest BCUT2D eigenvalue weighted by Gasteiger charge is -2.26.